The number of likely N-dealkylation sites (tertiary alicyclic amines) is 1. The Kier molecular flexibility index (Phi) is 5.19. The molecule has 0 unspecified atom stereocenters. The van der Waals surface area contributed by atoms with Crippen molar-refractivity contribution in [2.24, 2.45) is 5.92 Å². The Hall–Kier alpha value is -1.01. The summed E-state index contributed by atoms with van der Waals surface area (Å²) in [5, 5.41) is 15.9. The monoisotopic (exact) mass is 292 g/mol. The van der Waals surface area contributed by atoms with Gasteiger partial charge in [-0.3, -0.25) is 4.90 Å². The fraction of sp³-hybridized carbons (Fsp3) is 0.933. The standard InChI is InChI=1S/C15H28N6/c1-2-3-8-21-15(17-18-19-21)12-20-9-6-14(7-10-20)16-11-13-4-5-13/h13-14,16H,2-12H2,1H3. The van der Waals surface area contributed by atoms with Crippen LogP contribution in [0.2, 0.25) is 0 Å². The van der Waals surface area contributed by atoms with Crippen molar-refractivity contribution in [3.8, 4) is 0 Å². The molecule has 1 saturated carbocycles. The number of aromatic nitrogens is 4. The molecule has 1 N–H and O–H groups in total. The van der Waals surface area contributed by atoms with Gasteiger partial charge in [-0.2, -0.15) is 0 Å². The molecule has 118 valence electrons. The van der Waals surface area contributed by atoms with Crippen LogP contribution in [-0.2, 0) is 13.1 Å². The van der Waals surface area contributed by atoms with E-state index in [1.807, 2.05) is 4.68 Å². The molecule has 6 nitrogen and oxygen atoms in total. The molecule has 6 heteroatoms. The molecule has 1 aromatic heterocycles. The Morgan fingerprint density at radius 1 is 1.19 bits per heavy atom. The second-order valence-electron chi connectivity index (χ2n) is 6.57. The summed E-state index contributed by atoms with van der Waals surface area (Å²) in [6.45, 7) is 7.58. The Balaban J connectivity index is 1.41. The van der Waals surface area contributed by atoms with E-state index in [2.05, 4.69) is 32.7 Å². The molecule has 0 bridgehead atoms. The van der Waals surface area contributed by atoms with Gasteiger partial charge in [0.15, 0.2) is 5.82 Å². The van der Waals surface area contributed by atoms with Gasteiger partial charge in [-0.15, -0.1) is 5.10 Å². The molecule has 2 fully saturated rings. The van der Waals surface area contributed by atoms with Crippen molar-refractivity contribution in [1.29, 1.82) is 0 Å². The zero-order valence-electron chi connectivity index (χ0n) is 13.2. The van der Waals surface area contributed by atoms with Crippen LogP contribution in [0.4, 0.5) is 0 Å². The number of piperidine rings is 1. The summed E-state index contributed by atoms with van der Waals surface area (Å²) < 4.78 is 1.97. The maximum atomic E-state index is 4.19. The van der Waals surface area contributed by atoms with E-state index in [4.69, 9.17) is 0 Å². The van der Waals surface area contributed by atoms with Crippen molar-refractivity contribution in [1.82, 2.24) is 30.4 Å². The van der Waals surface area contributed by atoms with E-state index in [1.54, 1.807) is 0 Å². The highest BCUT2D eigenvalue weighted by Crippen LogP contribution is 2.28. The predicted molar refractivity (Wildman–Crippen MR) is 81.8 cm³/mol. The summed E-state index contributed by atoms with van der Waals surface area (Å²) in [5.74, 6) is 2.00. The zero-order chi connectivity index (χ0) is 14.5. The first-order valence-electron chi connectivity index (χ1n) is 8.56. The van der Waals surface area contributed by atoms with Gasteiger partial charge in [-0.1, -0.05) is 13.3 Å². The Labute approximate surface area is 127 Å². The predicted octanol–water partition coefficient (Wildman–Crippen LogP) is 1.44. The largest absolute Gasteiger partial charge is 0.314 e. The van der Waals surface area contributed by atoms with E-state index in [1.165, 1.54) is 38.6 Å². The molecule has 2 aliphatic rings. The summed E-state index contributed by atoms with van der Waals surface area (Å²) in [4.78, 5) is 2.49. The van der Waals surface area contributed by atoms with Crippen molar-refractivity contribution < 1.29 is 0 Å². The highest BCUT2D eigenvalue weighted by atomic mass is 15.5. The first-order valence-corrected chi connectivity index (χ1v) is 8.56. The minimum absolute atomic E-state index is 0.720. The zero-order valence-corrected chi connectivity index (χ0v) is 13.2. The Morgan fingerprint density at radius 2 is 2.00 bits per heavy atom. The lowest BCUT2D eigenvalue weighted by atomic mass is 10.0. The first-order chi connectivity index (χ1) is 10.3. The van der Waals surface area contributed by atoms with Gasteiger partial charge < -0.3 is 5.32 Å². The SMILES string of the molecule is CCCCn1nnnc1CN1CCC(NCC2CC2)CC1. The van der Waals surface area contributed by atoms with Crippen molar-refractivity contribution in [2.75, 3.05) is 19.6 Å². The van der Waals surface area contributed by atoms with Crippen molar-refractivity contribution >= 4 is 0 Å². The molecule has 0 spiro atoms. The minimum Gasteiger partial charge on any atom is -0.314 e. The molecule has 1 aliphatic carbocycles. The highest BCUT2D eigenvalue weighted by Gasteiger charge is 2.24. The summed E-state index contributed by atoms with van der Waals surface area (Å²) in [6.07, 6.45) is 7.70. The van der Waals surface area contributed by atoms with Crippen molar-refractivity contribution in [3.63, 3.8) is 0 Å². The van der Waals surface area contributed by atoms with Crippen LogP contribution in [-0.4, -0.2) is 50.8 Å². The Bertz CT molecular complexity index is 420. The lowest BCUT2D eigenvalue weighted by Gasteiger charge is -2.32. The number of rotatable bonds is 8. The van der Waals surface area contributed by atoms with Gasteiger partial charge >= 0.3 is 0 Å². The van der Waals surface area contributed by atoms with Crippen LogP contribution in [0.1, 0.15) is 51.3 Å². The second kappa shape index (κ2) is 7.31. The molecule has 2 heterocycles. The van der Waals surface area contributed by atoms with Gasteiger partial charge in [0.1, 0.15) is 0 Å². The number of tetrazole rings is 1. The molecular formula is C15H28N6. The van der Waals surface area contributed by atoms with Crippen LogP contribution < -0.4 is 5.32 Å². The van der Waals surface area contributed by atoms with E-state index < -0.39 is 0 Å². The third kappa shape index (κ3) is 4.48. The van der Waals surface area contributed by atoms with Gasteiger partial charge in [0.25, 0.3) is 0 Å². The third-order valence-corrected chi connectivity index (χ3v) is 4.67. The van der Waals surface area contributed by atoms with E-state index in [9.17, 15) is 0 Å². The quantitative estimate of drug-likeness (QED) is 0.785. The maximum Gasteiger partial charge on any atom is 0.165 e. The topological polar surface area (TPSA) is 58.9 Å². The molecule has 1 aliphatic heterocycles. The molecule has 3 rings (SSSR count). The molecule has 0 radical (unpaired) electrons. The van der Waals surface area contributed by atoms with Crippen molar-refractivity contribution in [2.45, 2.75) is 64.6 Å². The molecule has 1 aromatic rings. The van der Waals surface area contributed by atoms with E-state index in [-0.39, 0.29) is 0 Å². The van der Waals surface area contributed by atoms with Crippen LogP contribution in [0.5, 0.6) is 0 Å². The van der Waals surface area contributed by atoms with Gasteiger partial charge in [0, 0.05) is 25.7 Å². The molecule has 0 atom stereocenters. The van der Waals surface area contributed by atoms with Crippen molar-refractivity contribution in [3.05, 3.63) is 5.82 Å². The number of unbranched alkanes of at least 4 members (excludes halogenated alkanes) is 1. The highest BCUT2D eigenvalue weighted by molar-refractivity contribution is 4.86. The number of aryl methyl sites for hydroxylation is 1. The fourth-order valence-corrected chi connectivity index (χ4v) is 2.97. The average molecular weight is 292 g/mol. The van der Waals surface area contributed by atoms with Crippen LogP contribution in [0.25, 0.3) is 0 Å². The third-order valence-electron chi connectivity index (χ3n) is 4.67. The smallest absolute Gasteiger partial charge is 0.165 e. The van der Waals surface area contributed by atoms with E-state index >= 15 is 0 Å². The molecule has 0 aromatic carbocycles. The van der Waals surface area contributed by atoms with Crippen LogP contribution in [0, 0.1) is 5.92 Å². The second-order valence-corrected chi connectivity index (χ2v) is 6.57. The molecule has 1 saturated heterocycles. The summed E-state index contributed by atoms with van der Waals surface area (Å²) in [5.41, 5.74) is 0. The lowest BCUT2D eigenvalue weighted by Crippen LogP contribution is -2.43. The lowest BCUT2D eigenvalue weighted by molar-refractivity contribution is 0.183. The molecule has 0 amide bonds. The van der Waals surface area contributed by atoms with Gasteiger partial charge in [0.2, 0.25) is 0 Å². The number of hydrogen-bond donors (Lipinski definition) is 1. The molecule has 21 heavy (non-hydrogen) atoms. The number of hydrogen-bond acceptors (Lipinski definition) is 5. The van der Waals surface area contributed by atoms with Crippen LogP contribution in [0.15, 0.2) is 0 Å². The number of nitrogens with one attached hydrogen (secondary N) is 1. The first kappa shape index (κ1) is 14.9. The van der Waals surface area contributed by atoms with Gasteiger partial charge in [-0.05, 0) is 55.0 Å². The normalized spacial score (nSPS) is 21.0. The van der Waals surface area contributed by atoms with E-state index in [0.29, 0.717) is 0 Å². The van der Waals surface area contributed by atoms with Crippen LogP contribution in [0.3, 0.4) is 0 Å². The summed E-state index contributed by atoms with van der Waals surface area (Å²) >= 11 is 0. The fourth-order valence-electron chi connectivity index (χ4n) is 2.97. The average Bonchev–Trinajstić information content (AvgIpc) is 3.24. The van der Waals surface area contributed by atoms with Gasteiger partial charge in [0.05, 0.1) is 6.54 Å². The summed E-state index contributed by atoms with van der Waals surface area (Å²) in [6, 6.07) is 0.720. The Morgan fingerprint density at radius 3 is 2.71 bits per heavy atom. The number of nitrogens with zero attached hydrogens (tertiary/aromatic N) is 5. The maximum absolute atomic E-state index is 4.19. The van der Waals surface area contributed by atoms with Crippen LogP contribution >= 0.6 is 0 Å². The van der Waals surface area contributed by atoms with Gasteiger partial charge in [-0.25, -0.2) is 4.68 Å². The molecular weight excluding hydrogens is 264 g/mol. The minimum atomic E-state index is 0.720. The van der Waals surface area contributed by atoms with E-state index in [0.717, 1.165) is 50.4 Å². The summed E-state index contributed by atoms with van der Waals surface area (Å²) in [7, 11) is 0.